The normalized spacial score (nSPS) is 24.2. The third-order valence-electron chi connectivity index (χ3n) is 8.74. The van der Waals surface area contributed by atoms with E-state index in [0.29, 0.717) is 12.8 Å². The summed E-state index contributed by atoms with van der Waals surface area (Å²) in [4.78, 5) is 0. The highest BCUT2D eigenvalue weighted by molar-refractivity contribution is 4.88. The van der Waals surface area contributed by atoms with Crippen LogP contribution in [0.25, 0.3) is 0 Å². The predicted molar refractivity (Wildman–Crippen MR) is 168 cm³/mol. The number of unbranched alkanes of at least 4 members (excludes halogenated alkanes) is 20. The van der Waals surface area contributed by atoms with E-state index in [0.717, 1.165) is 19.3 Å². The van der Waals surface area contributed by atoms with Crippen molar-refractivity contribution in [1.82, 2.24) is 0 Å². The molecular weight excluding hydrogens is 536 g/mol. The first-order valence-electron chi connectivity index (χ1n) is 17.6. The topological polar surface area (TPSA) is 140 Å². The van der Waals surface area contributed by atoms with Crippen LogP contribution in [0.15, 0.2) is 0 Å². The molecule has 2 unspecified atom stereocenters. The second-order valence-corrected chi connectivity index (χ2v) is 12.9. The maximum absolute atomic E-state index is 10.2. The van der Waals surface area contributed by atoms with Crippen LogP contribution in [0.1, 0.15) is 161 Å². The molecule has 8 heteroatoms. The molecule has 0 aliphatic carbocycles. The van der Waals surface area contributed by atoms with Crippen molar-refractivity contribution < 1.29 is 40.1 Å². The molecular formula is C34H68O8. The molecule has 0 spiro atoms. The summed E-state index contributed by atoms with van der Waals surface area (Å²) in [6.07, 6.45) is 22.7. The van der Waals surface area contributed by atoms with Crippen molar-refractivity contribution in [3.05, 3.63) is 0 Å². The van der Waals surface area contributed by atoms with Crippen molar-refractivity contribution in [3.63, 3.8) is 0 Å². The average Bonchev–Trinajstić information content (AvgIpc) is 2.97. The Morgan fingerprint density at radius 1 is 0.524 bits per heavy atom. The Hall–Kier alpha value is -0.320. The highest BCUT2D eigenvalue weighted by Crippen LogP contribution is 2.22. The lowest BCUT2D eigenvalue weighted by Crippen LogP contribution is -2.59. The first-order valence-corrected chi connectivity index (χ1v) is 17.6. The fourth-order valence-corrected chi connectivity index (χ4v) is 5.85. The van der Waals surface area contributed by atoms with Crippen molar-refractivity contribution in [1.29, 1.82) is 0 Å². The zero-order valence-corrected chi connectivity index (χ0v) is 26.9. The molecule has 0 amide bonds. The molecule has 252 valence electrons. The second kappa shape index (κ2) is 27.0. The molecule has 1 rings (SSSR count). The van der Waals surface area contributed by atoms with E-state index < -0.39 is 43.4 Å². The Kier molecular flexibility index (Phi) is 25.6. The lowest BCUT2D eigenvalue weighted by atomic mass is 9.99. The summed E-state index contributed by atoms with van der Waals surface area (Å²) in [5, 5.41) is 58.3. The van der Waals surface area contributed by atoms with Gasteiger partial charge in [-0.3, -0.25) is 0 Å². The van der Waals surface area contributed by atoms with Gasteiger partial charge in [0.05, 0.1) is 25.4 Å². The van der Waals surface area contributed by atoms with Crippen LogP contribution in [-0.4, -0.2) is 86.8 Å². The minimum Gasteiger partial charge on any atom is -0.394 e. The van der Waals surface area contributed by atoms with E-state index in [9.17, 15) is 30.6 Å². The van der Waals surface area contributed by atoms with Gasteiger partial charge in [-0.1, -0.05) is 135 Å². The molecule has 1 heterocycles. The Morgan fingerprint density at radius 2 is 0.905 bits per heavy atom. The fourth-order valence-electron chi connectivity index (χ4n) is 5.85. The Morgan fingerprint density at radius 3 is 1.29 bits per heavy atom. The van der Waals surface area contributed by atoms with Crippen molar-refractivity contribution >= 4 is 0 Å². The van der Waals surface area contributed by atoms with Gasteiger partial charge in [-0.25, -0.2) is 0 Å². The third kappa shape index (κ3) is 20.6. The van der Waals surface area contributed by atoms with Gasteiger partial charge < -0.3 is 40.1 Å². The van der Waals surface area contributed by atoms with Gasteiger partial charge in [0.1, 0.15) is 24.4 Å². The summed E-state index contributed by atoms with van der Waals surface area (Å²) in [7, 11) is 0. The second-order valence-electron chi connectivity index (χ2n) is 12.9. The molecule has 1 aliphatic rings. The Labute approximate surface area is 257 Å². The molecule has 42 heavy (non-hydrogen) atoms. The van der Waals surface area contributed by atoms with Gasteiger partial charge in [-0.15, -0.1) is 0 Å². The van der Waals surface area contributed by atoms with Gasteiger partial charge in [0, 0.05) is 0 Å². The Bertz CT molecular complexity index is 576. The van der Waals surface area contributed by atoms with Gasteiger partial charge in [-0.2, -0.15) is 0 Å². The summed E-state index contributed by atoms with van der Waals surface area (Å²) < 4.78 is 10.8. The molecule has 0 bridgehead atoms. The summed E-state index contributed by atoms with van der Waals surface area (Å²) in [6, 6.07) is 0. The van der Waals surface area contributed by atoms with Gasteiger partial charge in [0.25, 0.3) is 0 Å². The number of hydrogen-bond acceptors (Lipinski definition) is 8. The monoisotopic (exact) mass is 604 g/mol. The van der Waals surface area contributed by atoms with Gasteiger partial charge in [0.2, 0.25) is 0 Å². The maximum Gasteiger partial charge on any atom is 0.186 e. The summed E-state index contributed by atoms with van der Waals surface area (Å²) in [5.41, 5.74) is 0. The quantitative estimate of drug-likeness (QED) is 0.0580. The predicted octanol–water partition coefficient (Wildman–Crippen LogP) is 5.91. The van der Waals surface area contributed by atoms with E-state index in [4.69, 9.17) is 9.47 Å². The van der Waals surface area contributed by atoms with Crippen molar-refractivity contribution in [2.75, 3.05) is 13.2 Å². The van der Waals surface area contributed by atoms with Crippen LogP contribution in [0.4, 0.5) is 0 Å². The third-order valence-corrected chi connectivity index (χ3v) is 8.74. The van der Waals surface area contributed by atoms with Crippen LogP contribution in [0.5, 0.6) is 0 Å². The Balaban J connectivity index is 1.78. The van der Waals surface area contributed by atoms with E-state index in [1.165, 1.54) is 122 Å². The summed E-state index contributed by atoms with van der Waals surface area (Å²) >= 11 is 0. The fraction of sp³-hybridized carbons (Fsp3) is 1.00. The average molecular weight is 605 g/mol. The number of rotatable bonds is 29. The standard InChI is InChI=1S/C34H68O8/c1-28(36)23-21-19-17-15-13-11-9-7-5-3-2-4-6-8-10-12-14-16-18-20-22-24-29(37)25-26-41-34-33(40)32(39)31(38)30(27-35)42-34/h28-40H,2-27H2,1H3/t28-,29-,30?,31-,32?,33+,34-/m1/s1. The molecule has 0 aromatic carbocycles. The maximum atomic E-state index is 10.2. The molecule has 1 saturated heterocycles. The van der Waals surface area contributed by atoms with E-state index in [-0.39, 0.29) is 12.7 Å². The highest BCUT2D eigenvalue weighted by atomic mass is 16.7. The molecule has 1 aliphatic heterocycles. The van der Waals surface area contributed by atoms with Crippen LogP contribution in [0.2, 0.25) is 0 Å². The molecule has 0 aromatic rings. The zero-order chi connectivity index (χ0) is 30.8. The smallest absolute Gasteiger partial charge is 0.186 e. The summed E-state index contributed by atoms with van der Waals surface area (Å²) in [6.45, 7) is 1.56. The van der Waals surface area contributed by atoms with E-state index >= 15 is 0 Å². The zero-order valence-electron chi connectivity index (χ0n) is 26.9. The minimum atomic E-state index is -1.44. The molecule has 7 atom stereocenters. The molecule has 8 nitrogen and oxygen atoms in total. The molecule has 0 radical (unpaired) electrons. The molecule has 1 fully saturated rings. The summed E-state index contributed by atoms with van der Waals surface area (Å²) in [5.74, 6) is 0. The van der Waals surface area contributed by atoms with E-state index in [1.54, 1.807) is 0 Å². The highest BCUT2D eigenvalue weighted by Gasteiger charge is 2.43. The van der Waals surface area contributed by atoms with Gasteiger partial charge >= 0.3 is 0 Å². The van der Waals surface area contributed by atoms with Crippen molar-refractivity contribution in [3.8, 4) is 0 Å². The van der Waals surface area contributed by atoms with Crippen LogP contribution in [0, 0.1) is 0 Å². The first kappa shape index (κ1) is 39.7. The number of aliphatic hydroxyl groups excluding tert-OH is 6. The molecule has 0 saturated carbocycles. The van der Waals surface area contributed by atoms with Crippen molar-refractivity contribution in [2.45, 2.75) is 204 Å². The van der Waals surface area contributed by atoms with Crippen LogP contribution in [0.3, 0.4) is 0 Å². The SMILES string of the molecule is C[C@@H](O)CCCCCCCCCCCCCCCCCCCCCCC[C@@H](O)CCO[C@@H]1OC(CO)[C@@H](O)C(O)[C@@H]1O. The minimum absolute atomic E-state index is 0.131. The van der Waals surface area contributed by atoms with Crippen LogP contribution in [-0.2, 0) is 9.47 Å². The molecule has 0 aromatic heterocycles. The van der Waals surface area contributed by atoms with Crippen molar-refractivity contribution in [2.24, 2.45) is 0 Å². The van der Waals surface area contributed by atoms with Crippen LogP contribution < -0.4 is 0 Å². The number of aliphatic hydroxyl groups is 6. The number of hydrogen-bond donors (Lipinski definition) is 6. The van der Waals surface area contributed by atoms with Crippen LogP contribution >= 0.6 is 0 Å². The first-order chi connectivity index (χ1) is 20.4. The van der Waals surface area contributed by atoms with Gasteiger partial charge in [-0.05, 0) is 26.2 Å². The molecule has 6 N–H and O–H groups in total. The largest absolute Gasteiger partial charge is 0.394 e. The van der Waals surface area contributed by atoms with E-state index in [1.807, 2.05) is 6.92 Å². The van der Waals surface area contributed by atoms with Gasteiger partial charge in [0.15, 0.2) is 6.29 Å². The lowest BCUT2D eigenvalue weighted by molar-refractivity contribution is -0.301. The van der Waals surface area contributed by atoms with E-state index in [2.05, 4.69) is 0 Å². The lowest BCUT2D eigenvalue weighted by Gasteiger charge is -2.39. The number of ether oxygens (including phenoxy) is 2.